The molecular weight excluding hydrogens is 1390 g/mol. The summed E-state index contributed by atoms with van der Waals surface area (Å²) in [6.45, 7) is 32.4. The van der Waals surface area contributed by atoms with E-state index in [1.807, 2.05) is 0 Å². The van der Waals surface area contributed by atoms with Gasteiger partial charge in [0, 0.05) is 46.5 Å². The quantitative estimate of drug-likeness (QED) is 0.0190. The highest BCUT2D eigenvalue weighted by Crippen LogP contribution is 2.18. The van der Waals surface area contributed by atoms with Gasteiger partial charge in [0.25, 0.3) is 0 Å². The molecule has 0 spiro atoms. The minimum absolute atomic E-state index is 0.0204. The van der Waals surface area contributed by atoms with Gasteiger partial charge in [-0.3, -0.25) is 0 Å². The van der Waals surface area contributed by atoms with Crippen LogP contribution in [0.5, 0.6) is 0 Å². The molecule has 0 bridgehead atoms. The summed E-state index contributed by atoms with van der Waals surface area (Å²) >= 11 is 0. The zero-order chi connectivity index (χ0) is 80.5. The fraction of sp³-hybridized carbons (Fsp3) is 0.707. The third-order valence-electron chi connectivity index (χ3n) is 16.9. The Morgan fingerprint density at radius 3 is 0.583 bits per heavy atom. The van der Waals surface area contributed by atoms with Crippen LogP contribution in [0.2, 0.25) is 0 Å². The van der Waals surface area contributed by atoms with Crippen LogP contribution in [0, 0.1) is 0 Å². The summed E-state index contributed by atoms with van der Waals surface area (Å²) in [7, 11) is 0. The van der Waals surface area contributed by atoms with Crippen molar-refractivity contribution in [1.29, 1.82) is 0 Å². The van der Waals surface area contributed by atoms with Crippen molar-refractivity contribution in [3.8, 4) is 0 Å². The molecule has 0 fully saturated rings. The van der Waals surface area contributed by atoms with E-state index in [0.29, 0.717) is 87.2 Å². The molecule has 0 aromatic heterocycles. The van der Waals surface area contributed by atoms with Crippen molar-refractivity contribution in [2.45, 2.75) is 310 Å². The lowest BCUT2D eigenvalue weighted by atomic mass is 10.1. The number of ether oxygens (including phenoxy) is 10. The zero-order valence-electron chi connectivity index (χ0n) is 66.5. The molecule has 108 heavy (non-hydrogen) atoms. The van der Waals surface area contributed by atoms with E-state index in [2.05, 4.69) is 60.7 Å². The van der Waals surface area contributed by atoms with Crippen molar-refractivity contribution in [3.05, 3.63) is 72.9 Å². The van der Waals surface area contributed by atoms with Gasteiger partial charge in [-0.05, 0) is 106 Å². The summed E-state index contributed by atoms with van der Waals surface area (Å²) < 4.78 is 53.8. The van der Waals surface area contributed by atoms with Gasteiger partial charge in [0.2, 0.25) is 12.2 Å². The highest BCUT2D eigenvalue weighted by Gasteiger charge is 2.42. The van der Waals surface area contributed by atoms with Gasteiger partial charge in [0.05, 0.1) is 52.9 Å². The lowest BCUT2D eigenvalue weighted by molar-refractivity contribution is -0.172. The molecule has 4 N–H and O–H groups in total. The normalized spacial score (nSPS) is 11.9. The molecule has 26 nitrogen and oxygen atoms in total. The first-order chi connectivity index (χ1) is 51.7. The second-order valence-corrected chi connectivity index (χ2v) is 27.7. The monoisotopic (exact) mass is 1530 g/mol. The Bertz CT molecular complexity index is 2580. The van der Waals surface area contributed by atoms with E-state index in [1.165, 1.54) is 13.8 Å². The first kappa shape index (κ1) is 99.7. The molecule has 0 heterocycles. The molecule has 0 radical (unpaired) electrons. The number of hydrogen-bond acceptors (Lipinski definition) is 22. The fourth-order valence-corrected chi connectivity index (χ4v) is 10.4. The molecule has 2 unspecified atom stereocenters. The fourth-order valence-electron chi connectivity index (χ4n) is 10.4. The van der Waals surface area contributed by atoms with Gasteiger partial charge < -0.3 is 68.6 Å². The highest BCUT2D eigenvalue weighted by molar-refractivity contribution is 5.96. The first-order valence-electron chi connectivity index (χ1n) is 39.5. The van der Waals surface area contributed by atoms with Crippen LogP contribution in [0.25, 0.3) is 0 Å². The third kappa shape index (κ3) is 55.1. The van der Waals surface area contributed by atoms with Crippen molar-refractivity contribution >= 4 is 71.8 Å². The Labute approximate surface area is 643 Å². The van der Waals surface area contributed by atoms with Crippen LogP contribution in [-0.2, 0) is 95.3 Å². The molecule has 4 atom stereocenters. The minimum atomic E-state index is -1.88. The lowest BCUT2D eigenvalue weighted by Gasteiger charge is -2.25. The van der Waals surface area contributed by atoms with Gasteiger partial charge >= 0.3 is 71.8 Å². The van der Waals surface area contributed by atoms with E-state index < -0.39 is 96.0 Å². The second-order valence-electron chi connectivity index (χ2n) is 27.7. The Morgan fingerprint density at radius 1 is 0.222 bits per heavy atom. The molecule has 0 aliphatic heterocycles. The van der Waals surface area contributed by atoms with E-state index in [9.17, 15) is 57.5 Å². The van der Waals surface area contributed by atoms with Crippen LogP contribution < -0.4 is 21.3 Å². The number of amides is 4. The van der Waals surface area contributed by atoms with E-state index >= 15 is 0 Å². The summed E-state index contributed by atoms with van der Waals surface area (Å²) in [4.78, 5) is 154. The molecule has 0 saturated heterocycles. The summed E-state index contributed by atoms with van der Waals surface area (Å²) in [5.74, 6) is -7.60. The maximum Gasteiger partial charge on any atom is 0.350 e. The highest BCUT2D eigenvalue weighted by atomic mass is 16.6. The maximum absolute atomic E-state index is 13.8. The van der Waals surface area contributed by atoms with Crippen LogP contribution in [0.1, 0.15) is 286 Å². The van der Waals surface area contributed by atoms with Crippen LogP contribution in [-0.4, -0.2) is 162 Å². The van der Waals surface area contributed by atoms with Gasteiger partial charge in [-0.2, -0.15) is 0 Å². The Balaban J connectivity index is 5.46. The smallest absolute Gasteiger partial charge is 0.350 e. The largest absolute Gasteiger partial charge is 0.464 e. The molecule has 26 heteroatoms. The van der Waals surface area contributed by atoms with Crippen LogP contribution >= 0.6 is 0 Å². The number of rotatable bonds is 69. The number of urea groups is 2. The van der Waals surface area contributed by atoms with E-state index in [1.54, 1.807) is 27.7 Å². The maximum atomic E-state index is 13.8. The van der Waals surface area contributed by atoms with Crippen LogP contribution in [0.4, 0.5) is 9.59 Å². The summed E-state index contributed by atoms with van der Waals surface area (Å²) in [6, 6.07) is -5.05. The number of hydrogen-bond donors (Lipinski definition) is 4. The minimum Gasteiger partial charge on any atom is -0.464 e. The Morgan fingerprint density at radius 2 is 0.389 bits per heavy atom. The average Bonchev–Trinajstić information content (AvgIpc) is 0.849. The SMILES string of the molecule is C=C(C)C(=O)OCCCCCCCCCOC(=O)C(OC(=O)C(=C)C)[C@H](NC(=O)NCCCCCCCCCCCCNC(=O)N[C@H](C(=O)OCCCCCCCCCOC(=O)C(=C)C)C(OC(=O)C(=C)C)C(=O)OCCCCCCCCCOC(=O)C(=C)C)C(=O)OCCCCCCCCCOC(=O)C(=C)C. The Kier molecular flexibility index (Phi) is 60.7. The topological polar surface area (TPSA) is 345 Å². The molecule has 0 saturated carbocycles. The van der Waals surface area contributed by atoms with E-state index in [0.717, 1.165) is 205 Å². The van der Waals surface area contributed by atoms with Crippen molar-refractivity contribution < 1.29 is 105 Å². The van der Waals surface area contributed by atoms with Gasteiger partial charge in [0.1, 0.15) is 0 Å². The molecule has 0 aromatic carbocycles. The van der Waals surface area contributed by atoms with Crippen molar-refractivity contribution in [3.63, 3.8) is 0 Å². The molecule has 0 aliphatic rings. The summed E-state index contributed by atoms with van der Waals surface area (Å²) in [6.07, 6.45) is 26.8. The summed E-state index contributed by atoms with van der Waals surface area (Å²) in [5.41, 5.74) is 1.33. The first-order valence-corrected chi connectivity index (χ1v) is 39.5. The van der Waals surface area contributed by atoms with Crippen molar-refractivity contribution in [1.82, 2.24) is 21.3 Å². The van der Waals surface area contributed by atoms with E-state index in [4.69, 9.17) is 47.4 Å². The number of unbranched alkanes of at least 4 members (excludes halogenated alkanes) is 33. The standard InChI is InChI=1S/C82H134N4O22/c1-61(2)71(87)99-53-43-33-23-17-27-37-47-57-103-77(93)67(69(107-75(91)65(9)10)79(95)105-59-49-39-29-19-25-35-45-55-101-73(89)63(5)6)85-81(97)83-51-41-31-21-15-13-14-16-22-32-42-52-84-82(98)86-68(78(94)104-58-48-38-28-18-24-34-44-54-100-72(88)62(3)4)70(108-76(92)66(11)12)80(96)106-60-50-40-30-20-26-36-46-56-102-74(90)64(7)8/h67-70H,1,3,5,7,9,11,13-60H2,2,4,6,8,10,12H3,(H2,83,85,97)(H2,84,86,98)/t67-,68-,69?,70?/m0/s1. The zero-order valence-corrected chi connectivity index (χ0v) is 66.5. The molecule has 0 rings (SSSR count). The number of esters is 10. The number of carbonyl (C=O) groups excluding carboxylic acids is 12. The molecular formula is C82H134N4O22. The van der Waals surface area contributed by atoms with Crippen molar-refractivity contribution in [2.75, 3.05) is 65.9 Å². The molecule has 614 valence electrons. The van der Waals surface area contributed by atoms with Gasteiger partial charge in [-0.15, -0.1) is 0 Å². The van der Waals surface area contributed by atoms with Gasteiger partial charge in [0.15, 0.2) is 12.1 Å². The molecule has 0 aromatic rings. The Hall–Kier alpha value is -8.32. The average molecular weight is 1530 g/mol. The summed E-state index contributed by atoms with van der Waals surface area (Å²) in [5, 5.41) is 10.5. The van der Waals surface area contributed by atoms with Gasteiger partial charge in [-0.25, -0.2) is 57.5 Å². The van der Waals surface area contributed by atoms with Crippen LogP contribution in [0.15, 0.2) is 72.9 Å². The van der Waals surface area contributed by atoms with Gasteiger partial charge in [-0.1, -0.05) is 219 Å². The number of carbonyl (C=O) groups is 12. The lowest BCUT2D eigenvalue weighted by Crippen LogP contribution is -2.56. The number of nitrogens with one attached hydrogen (secondary N) is 4. The predicted molar refractivity (Wildman–Crippen MR) is 412 cm³/mol. The van der Waals surface area contributed by atoms with Crippen molar-refractivity contribution in [2.24, 2.45) is 0 Å². The second kappa shape index (κ2) is 65.7. The van der Waals surface area contributed by atoms with E-state index in [-0.39, 0.29) is 50.7 Å². The molecule has 0 aliphatic carbocycles. The molecule has 4 amide bonds. The predicted octanol–water partition coefficient (Wildman–Crippen LogP) is 14.8. The third-order valence-corrected chi connectivity index (χ3v) is 16.9. The van der Waals surface area contributed by atoms with Crippen LogP contribution in [0.3, 0.4) is 0 Å².